The van der Waals surface area contributed by atoms with Crippen LogP contribution in [0.25, 0.3) is 0 Å². The van der Waals surface area contributed by atoms with Gasteiger partial charge in [-0.2, -0.15) is 0 Å². The second-order valence-electron chi connectivity index (χ2n) is 17.2. The van der Waals surface area contributed by atoms with Crippen LogP contribution in [0.5, 0.6) is 0 Å². The number of hydrogen-bond donors (Lipinski definition) is 0. The largest absolute Gasteiger partial charge is 0.414 e. The summed E-state index contributed by atoms with van der Waals surface area (Å²) in [6, 6.07) is 0. The van der Waals surface area contributed by atoms with Crippen molar-refractivity contribution in [3.63, 3.8) is 0 Å². The van der Waals surface area contributed by atoms with Crippen molar-refractivity contribution < 1.29 is 13.6 Å². The Balaban J connectivity index is 1.52. The van der Waals surface area contributed by atoms with Crippen molar-refractivity contribution in [2.45, 2.75) is 161 Å². The summed E-state index contributed by atoms with van der Waals surface area (Å²) in [6.07, 6.45) is 13.1. The van der Waals surface area contributed by atoms with Gasteiger partial charge >= 0.3 is 0 Å². The van der Waals surface area contributed by atoms with E-state index in [1.54, 1.807) is 11.1 Å². The third-order valence-corrected chi connectivity index (χ3v) is 22.3. The fourth-order valence-electron chi connectivity index (χ4n) is 8.57. The van der Waals surface area contributed by atoms with E-state index in [2.05, 4.69) is 101 Å². The molecule has 4 fully saturated rings. The summed E-state index contributed by atoms with van der Waals surface area (Å²) in [5.41, 5.74) is 3.80. The molecule has 0 aromatic heterocycles. The highest BCUT2D eigenvalue weighted by Gasteiger charge is 2.72. The zero-order valence-electron chi connectivity index (χ0n) is 27.0. The molecule has 0 aromatic carbocycles. The molecule has 216 valence electrons. The van der Waals surface area contributed by atoms with Gasteiger partial charge in [-0.3, -0.25) is 0 Å². The van der Waals surface area contributed by atoms with Gasteiger partial charge in [0.1, 0.15) is 5.60 Å². The number of epoxide rings is 1. The average Bonchev–Trinajstić information content (AvgIpc) is 3.33. The molecule has 1 aliphatic heterocycles. The molecule has 1 heterocycles. The van der Waals surface area contributed by atoms with E-state index >= 15 is 0 Å². The Morgan fingerprint density at radius 3 is 1.95 bits per heavy atom. The lowest BCUT2D eigenvalue weighted by molar-refractivity contribution is -0.0445. The summed E-state index contributed by atoms with van der Waals surface area (Å²) in [6.45, 7) is 31.4. The molecule has 4 aliphatic carbocycles. The smallest absolute Gasteiger partial charge is 0.192 e. The quantitative estimate of drug-likeness (QED) is 0.254. The summed E-state index contributed by atoms with van der Waals surface area (Å²) >= 11 is 0. The van der Waals surface area contributed by atoms with E-state index in [9.17, 15) is 0 Å². The zero-order chi connectivity index (χ0) is 28.3. The van der Waals surface area contributed by atoms with Crippen LogP contribution in [-0.2, 0) is 13.6 Å². The molecule has 0 radical (unpaired) electrons. The second kappa shape index (κ2) is 8.66. The highest BCUT2D eigenvalue weighted by atomic mass is 28.4. The normalized spacial score (nSPS) is 43.2. The van der Waals surface area contributed by atoms with E-state index in [0.717, 1.165) is 12.8 Å². The first-order valence-electron chi connectivity index (χ1n) is 15.6. The minimum Gasteiger partial charge on any atom is -0.414 e. The van der Waals surface area contributed by atoms with Crippen LogP contribution < -0.4 is 0 Å². The number of allylic oxidation sites excluding steroid dienone is 3. The first kappa shape index (κ1) is 29.3. The molecule has 3 nitrogen and oxygen atoms in total. The van der Waals surface area contributed by atoms with E-state index in [1.165, 1.54) is 25.7 Å². The van der Waals surface area contributed by atoms with Crippen LogP contribution in [0.2, 0.25) is 36.3 Å². The van der Waals surface area contributed by atoms with Gasteiger partial charge in [-0.1, -0.05) is 78.7 Å². The minimum atomic E-state index is -1.97. The van der Waals surface area contributed by atoms with Gasteiger partial charge < -0.3 is 13.6 Å². The molecule has 0 bridgehead atoms. The molecule has 5 heteroatoms. The third kappa shape index (κ3) is 4.10. The summed E-state index contributed by atoms with van der Waals surface area (Å²) in [5, 5.41) is 0.405. The topological polar surface area (TPSA) is 31.0 Å². The Hall–Kier alpha value is -0.206. The zero-order valence-corrected chi connectivity index (χ0v) is 29.0. The Morgan fingerprint density at radius 2 is 1.39 bits per heavy atom. The maximum atomic E-state index is 7.48. The van der Waals surface area contributed by atoms with Gasteiger partial charge in [0.2, 0.25) is 0 Å². The van der Waals surface area contributed by atoms with E-state index in [4.69, 9.17) is 13.6 Å². The monoisotopic (exact) mass is 558 g/mol. The number of rotatable bonds is 4. The highest BCUT2D eigenvalue weighted by Crippen LogP contribution is 2.72. The van der Waals surface area contributed by atoms with E-state index in [0.29, 0.717) is 17.9 Å². The molecule has 0 aromatic rings. The first-order chi connectivity index (χ1) is 17.2. The van der Waals surface area contributed by atoms with Crippen LogP contribution in [0.1, 0.15) is 101 Å². The Morgan fingerprint density at radius 1 is 0.842 bits per heavy atom. The average molecular weight is 559 g/mol. The first-order valence-corrected chi connectivity index (χ1v) is 21.5. The molecule has 5 aliphatic rings. The van der Waals surface area contributed by atoms with Gasteiger partial charge in [-0.15, -0.1) is 0 Å². The van der Waals surface area contributed by atoms with Crippen molar-refractivity contribution in [3.8, 4) is 0 Å². The molecular formula is C33H58O3Si2. The summed E-state index contributed by atoms with van der Waals surface area (Å²) in [4.78, 5) is 0. The van der Waals surface area contributed by atoms with Gasteiger partial charge in [0, 0.05) is 10.8 Å². The van der Waals surface area contributed by atoms with Crippen LogP contribution in [0.4, 0.5) is 0 Å². The fraction of sp³-hybridized carbons (Fsp3) is 0.879. The Kier molecular flexibility index (Phi) is 6.67. The predicted molar refractivity (Wildman–Crippen MR) is 164 cm³/mol. The van der Waals surface area contributed by atoms with E-state index in [-0.39, 0.29) is 38.7 Å². The van der Waals surface area contributed by atoms with Gasteiger partial charge in [0.25, 0.3) is 0 Å². The lowest BCUT2D eigenvalue weighted by Crippen LogP contribution is -2.58. The van der Waals surface area contributed by atoms with E-state index in [1.807, 2.05) is 0 Å². The molecule has 38 heavy (non-hydrogen) atoms. The van der Waals surface area contributed by atoms with Crippen LogP contribution in [0.15, 0.2) is 23.3 Å². The minimum absolute atomic E-state index is 0.0556. The lowest BCUT2D eigenvalue weighted by atomic mass is 9.49. The molecular weight excluding hydrogens is 501 g/mol. The van der Waals surface area contributed by atoms with Gasteiger partial charge in [-0.05, 0) is 93.5 Å². The molecule has 0 N–H and O–H groups in total. The van der Waals surface area contributed by atoms with Crippen molar-refractivity contribution in [2.24, 2.45) is 22.7 Å². The summed E-state index contributed by atoms with van der Waals surface area (Å²) in [7, 11) is -3.85. The summed E-state index contributed by atoms with van der Waals surface area (Å²) < 4.78 is 21.0. The molecule has 8 atom stereocenters. The maximum Gasteiger partial charge on any atom is 0.192 e. The molecule has 1 saturated heterocycles. The third-order valence-electron chi connectivity index (χ3n) is 13.3. The summed E-state index contributed by atoms with van der Waals surface area (Å²) in [5.74, 6) is 1.23. The second-order valence-corrected chi connectivity index (χ2v) is 26.7. The van der Waals surface area contributed by atoms with Gasteiger partial charge in [-0.25, -0.2) is 0 Å². The van der Waals surface area contributed by atoms with Crippen molar-refractivity contribution >= 4 is 16.6 Å². The molecule has 1 spiro atoms. The number of ether oxygens (including phenoxy) is 1. The number of hydrogen-bond acceptors (Lipinski definition) is 3. The Labute approximate surface area is 236 Å². The van der Waals surface area contributed by atoms with Gasteiger partial charge in [0.05, 0.1) is 18.3 Å². The van der Waals surface area contributed by atoms with Crippen LogP contribution in [0, 0.1) is 22.7 Å². The molecule has 0 unspecified atom stereocenters. The van der Waals surface area contributed by atoms with Crippen LogP contribution in [0.3, 0.4) is 0 Å². The molecule has 3 saturated carbocycles. The maximum absolute atomic E-state index is 7.48. The van der Waals surface area contributed by atoms with Crippen molar-refractivity contribution in [1.82, 2.24) is 0 Å². The fourth-order valence-corrected chi connectivity index (χ4v) is 11.3. The standard InChI is InChI=1S/C33H58O3Si2/c1-22-33(34-22)19-17-26-25-15-14-23-20-24(35-37(10,11)29(2,3)4)21-28(36-38(12,13)30(5,6)7)32(23,9)27(25)16-18-31(26,33)8/h14-15,22,24,26-28H,16-21H2,1-13H3/t22-,24-,26+,27+,28+,31+,32+,33+/m1/s1. The van der Waals surface area contributed by atoms with Crippen molar-refractivity contribution in [1.29, 1.82) is 0 Å². The Bertz CT molecular complexity index is 1030. The predicted octanol–water partition coefficient (Wildman–Crippen LogP) is 9.42. The number of fused-ring (bicyclic) bond motifs is 6. The molecule has 0 amide bonds. The van der Waals surface area contributed by atoms with Crippen molar-refractivity contribution in [2.75, 3.05) is 0 Å². The highest BCUT2D eigenvalue weighted by molar-refractivity contribution is 6.74. The van der Waals surface area contributed by atoms with E-state index < -0.39 is 16.6 Å². The van der Waals surface area contributed by atoms with Crippen molar-refractivity contribution in [3.05, 3.63) is 23.3 Å². The lowest BCUT2D eigenvalue weighted by Gasteiger charge is -2.59. The van der Waals surface area contributed by atoms with Crippen LogP contribution in [-0.4, -0.2) is 40.5 Å². The van der Waals surface area contributed by atoms with Crippen LogP contribution >= 0.6 is 0 Å². The van der Waals surface area contributed by atoms with Gasteiger partial charge in [0.15, 0.2) is 16.6 Å². The molecule has 5 rings (SSSR count). The SMILES string of the molecule is C[C@H]1O[C@@]12CC[C@H]1C3=CC=C4C[C@@H](O[Si](C)(C)C(C)(C)C)C[C@H](O[Si](C)(C)C(C)(C)C)[C@]4(C)[C@H]3CC[C@@]12C.